The van der Waals surface area contributed by atoms with Crippen molar-refractivity contribution in [1.29, 1.82) is 0 Å². The van der Waals surface area contributed by atoms with Gasteiger partial charge in [0.25, 0.3) is 5.56 Å². The van der Waals surface area contributed by atoms with Gasteiger partial charge in [-0.1, -0.05) is 36.8 Å². The number of pyridine rings is 1. The minimum absolute atomic E-state index is 0.118. The van der Waals surface area contributed by atoms with E-state index < -0.39 is 0 Å². The predicted octanol–water partition coefficient (Wildman–Crippen LogP) is 3.21. The molecule has 0 saturated heterocycles. The smallest absolute Gasteiger partial charge is 0.293 e. The zero-order chi connectivity index (χ0) is 17.5. The molecule has 2 aromatic heterocycles. The normalized spacial score (nSPS) is 10.9. The van der Waals surface area contributed by atoms with Crippen LogP contribution in [0.3, 0.4) is 0 Å². The lowest BCUT2D eigenvalue weighted by Gasteiger charge is -2.10. The molecule has 1 N–H and O–H groups in total. The molecule has 0 aliphatic heterocycles. The van der Waals surface area contributed by atoms with Crippen LogP contribution in [0.1, 0.15) is 30.4 Å². The van der Waals surface area contributed by atoms with Gasteiger partial charge in [-0.2, -0.15) is 0 Å². The van der Waals surface area contributed by atoms with Crippen LogP contribution < -0.4 is 5.56 Å². The summed E-state index contributed by atoms with van der Waals surface area (Å²) in [6.07, 6.45) is 11.1. The highest BCUT2D eigenvalue weighted by molar-refractivity contribution is 5.29. The molecule has 0 unspecified atom stereocenters. The van der Waals surface area contributed by atoms with E-state index in [4.69, 9.17) is 0 Å². The maximum Gasteiger partial charge on any atom is 0.293 e. The summed E-state index contributed by atoms with van der Waals surface area (Å²) >= 11 is 0. The highest BCUT2D eigenvalue weighted by Crippen LogP contribution is 2.15. The van der Waals surface area contributed by atoms with Crippen molar-refractivity contribution in [3.05, 3.63) is 82.8 Å². The Balaban J connectivity index is 1.54. The van der Waals surface area contributed by atoms with Crippen molar-refractivity contribution >= 4 is 0 Å². The summed E-state index contributed by atoms with van der Waals surface area (Å²) in [5, 5.41) is 10.2. The van der Waals surface area contributed by atoms with Crippen LogP contribution in [0.2, 0.25) is 0 Å². The Morgan fingerprint density at radius 2 is 1.84 bits per heavy atom. The average Bonchev–Trinajstić information content (AvgIpc) is 3.15. The van der Waals surface area contributed by atoms with E-state index in [1.54, 1.807) is 17.0 Å². The average molecular weight is 337 g/mol. The molecule has 1 aromatic carbocycles. The summed E-state index contributed by atoms with van der Waals surface area (Å²) in [7, 11) is 0. The monoisotopic (exact) mass is 337 g/mol. The van der Waals surface area contributed by atoms with Gasteiger partial charge in [-0.25, -0.2) is 4.98 Å². The second kappa shape index (κ2) is 8.33. The molecule has 0 amide bonds. The van der Waals surface area contributed by atoms with Crippen molar-refractivity contribution in [3.63, 3.8) is 0 Å². The summed E-state index contributed by atoms with van der Waals surface area (Å²) in [4.78, 5) is 16.4. The minimum atomic E-state index is -0.320. The number of unbranched alkanes of at least 4 members (excludes halogenated alkanes) is 2. The number of hydrogen-bond donors (Lipinski definition) is 1. The van der Waals surface area contributed by atoms with Crippen molar-refractivity contribution in [1.82, 2.24) is 14.1 Å². The van der Waals surface area contributed by atoms with Crippen LogP contribution in [0.4, 0.5) is 0 Å². The molecule has 2 heterocycles. The third kappa shape index (κ3) is 4.59. The largest absolute Gasteiger partial charge is 0.503 e. The number of aryl methyl sites for hydroxylation is 2. The predicted molar refractivity (Wildman–Crippen MR) is 97.7 cm³/mol. The molecule has 0 atom stereocenters. The topological polar surface area (TPSA) is 60.0 Å². The van der Waals surface area contributed by atoms with Gasteiger partial charge in [0.1, 0.15) is 0 Å². The highest BCUT2D eigenvalue weighted by Gasteiger charge is 2.09. The Labute approximate surface area is 147 Å². The van der Waals surface area contributed by atoms with Crippen LogP contribution in [-0.4, -0.2) is 19.2 Å². The third-order valence-corrected chi connectivity index (χ3v) is 4.34. The summed E-state index contributed by atoms with van der Waals surface area (Å²) in [5.74, 6) is -0.118. The Morgan fingerprint density at radius 3 is 2.60 bits per heavy atom. The Bertz CT molecular complexity index is 839. The molecule has 0 aliphatic rings. The third-order valence-electron chi connectivity index (χ3n) is 4.34. The van der Waals surface area contributed by atoms with Crippen molar-refractivity contribution < 1.29 is 5.11 Å². The first-order valence-corrected chi connectivity index (χ1v) is 8.65. The molecule has 5 heteroatoms. The Morgan fingerprint density at radius 1 is 1.00 bits per heavy atom. The van der Waals surface area contributed by atoms with E-state index in [-0.39, 0.29) is 11.3 Å². The Kier molecular flexibility index (Phi) is 5.67. The summed E-state index contributed by atoms with van der Waals surface area (Å²) in [6.45, 7) is 1.42. The van der Waals surface area contributed by atoms with E-state index in [1.807, 2.05) is 48.9 Å². The number of rotatable bonds is 8. The number of hydrogen-bond acceptors (Lipinski definition) is 3. The van der Waals surface area contributed by atoms with Crippen LogP contribution in [0, 0.1) is 0 Å². The van der Waals surface area contributed by atoms with Crippen molar-refractivity contribution in [2.45, 2.75) is 38.8 Å². The first-order valence-electron chi connectivity index (χ1n) is 8.65. The van der Waals surface area contributed by atoms with E-state index >= 15 is 0 Å². The molecule has 0 spiro atoms. The van der Waals surface area contributed by atoms with Gasteiger partial charge in [0.2, 0.25) is 0 Å². The van der Waals surface area contributed by atoms with E-state index in [9.17, 15) is 9.90 Å². The van der Waals surface area contributed by atoms with Gasteiger partial charge in [0, 0.05) is 30.7 Å². The quantitative estimate of drug-likeness (QED) is 0.642. The highest BCUT2D eigenvalue weighted by atomic mass is 16.3. The van der Waals surface area contributed by atoms with Crippen molar-refractivity contribution in [3.8, 4) is 5.75 Å². The van der Waals surface area contributed by atoms with Gasteiger partial charge >= 0.3 is 0 Å². The van der Waals surface area contributed by atoms with E-state index in [2.05, 4.69) is 9.55 Å². The molecule has 0 saturated carbocycles. The molecule has 3 aromatic rings. The molecule has 3 rings (SSSR count). The molecule has 0 radical (unpaired) electrons. The van der Waals surface area contributed by atoms with Crippen molar-refractivity contribution in [2.75, 3.05) is 0 Å². The van der Waals surface area contributed by atoms with E-state index in [0.29, 0.717) is 6.54 Å². The van der Waals surface area contributed by atoms with Gasteiger partial charge in [0.05, 0.1) is 12.9 Å². The molecule has 5 nitrogen and oxygen atoms in total. The number of aromatic nitrogens is 3. The minimum Gasteiger partial charge on any atom is -0.503 e. The zero-order valence-electron chi connectivity index (χ0n) is 14.2. The van der Waals surface area contributed by atoms with Crippen molar-refractivity contribution in [2.24, 2.45) is 0 Å². The maximum atomic E-state index is 12.3. The summed E-state index contributed by atoms with van der Waals surface area (Å²) < 4.78 is 3.61. The van der Waals surface area contributed by atoms with Gasteiger partial charge in [-0.3, -0.25) is 4.79 Å². The van der Waals surface area contributed by atoms with Gasteiger partial charge in [-0.15, -0.1) is 0 Å². The summed E-state index contributed by atoms with van der Waals surface area (Å²) in [5.41, 5.74) is 1.45. The molecule has 130 valence electrons. The fraction of sp³-hybridized carbons (Fsp3) is 0.300. The van der Waals surface area contributed by atoms with Gasteiger partial charge in [-0.05, 0) is 30.9 Å². The van der Waals surface area contributed by atoms with E-state index in [1.165, 1.54) is 0 Å². The number of nitrogens with zero attached hydrogens (tertiary/aromatic N) is 3. The first-order chi connectivity index (χ1) is 12.2. The second-order valence-corrected chi connectivity index (χ2v) is 6.22. The standard InChI is InChI=1S/C20H23N3O2/c24-19-18(9-5-2-6-12-22-14-11-21-16-22)10-13-23(20(19)25)15-17-7-3-1-4-8-17/h1,3-4,7-8,10-11,13-14,16,24H,2,5-6,9,12,15H2. The second-order valence-electron chi connectivity index (χ2n) is 6.22. The molecule has 25 heavy (non-hydrogen) atoms. The SMILES string of the molecule is O=c1c(O)c(CCCCCn2ccnc2)ccn1Cc1ccccc1. The lowest BCUT2D eigenvalue weighted by molar-refractivity contribution is 0.449. The molecule has 0 aliphatic carbocycles. The van der Waals surface area contributed by atoms with Gasteiger partial charge in [0.15, 0.2) is 5.75 Å². The molecular formula is C20H23N3O2. The number of imidazole rings is 1. The lowest BCUT2D eigenvalue weighted by atomic mass is 10.1. The molecule has 0 fully saturated rings. The molecule has 0 bridgehead atoms. The fourth-order valence-electron chi connectivity index (χ4n) is 2.91. The number of aromatic hydroxyl groups is 1. The lowest BCUT2D eigenvalue weighted by Crippen LogP contribution is -2.20. The molecular weight excluding hydrogens is 314 g/mol. The fourth-order valence-corrected chi connectivity index (χ4v) is 2.91. The van der Waals surface area contributed by atoms with Crippen LogP contribution >= 0.6 is 0 Å². The van der Waals surface area contributed by atoms with Crippen LogP contribution in [0.15, 0.2) is 66.1 Å². The zero-order valence-corrected chi connectivity index (χ0v) is 14.2. The van der Waals surface area contributed by atoms with Gasteiger partial charge < -0.3 is 14.2 Å². The summed E-state index contributed by atoms with van der Waals surface area (Å²) in [6, 6.07) is 11.6. The van der Waals surface area contributed by atoms with E-state index in [0.717, 1.165) is 43.4 Å². The van der Waals surface area contributed by atoms with Crippen LogP contribution in [-0.2, 0) is 19.5 Å². The number of benzene rings is 1. The first kappa shape index (κ1) is 17.0. The van der Waals surface area contributed by atoms with Crippen LogP contribution in [0.25, 0.3) is 0 Å². The van der Waals surface area contributed by atoms with Crippen LogP contribution in [0.5, 0.6) is 5.75 Å². The maximum absolute atomic E-state index is 12.3. The Hall–Kier alpha value is -2.82.